The summed E-state index contributed by atoms with van der Waals surface area (Å²) in [5, 5.41) is 6.59. The molecule has 20 heavy (non-hydrogen) atoms. The highest BCUT2D eigenvalue weighted by molar-refractivity contribution is 5.43. The zero-order valence-electron chi connectivity index (χ0n) is 12.4. The molecule has 0 aliphatic rings. The van der Waals surface area contributed by atoms with E-state index in [9.17, 15) is 0 Å². The number of nitrogens with one attached hydrogen (secondary N) is 2. The predicted molar refractivity (Wildman–Crippen MR) is 84.1 cm³/mol. The van der Waals surface area contributed by atoms with Gasteiger partial charge in [-0.25, -0.2) is 4.98 Å². The van der Waals surface area contributed by atoms with Crippen molar-refractivity contribution >= 4 is 11.8 Å². The molecule has 1 aromatic heterocycles. The van der Waals surface area contributed by atoms with Crippen molar-refractivity contribution < 1.29 is 0 Å². The first-order valence-corrected chi connectivity index (χ1v) is 7.07. The van der Waals surface area contributed by atoms with Crippen LogP contribution in [0.25, 0.3) is 0 Å². The minimum atomic E-state index is 0.694. The Bertz CT molecular complexity index is 566. The van der Waals surface area contributed by atoms with E-state index in [0.717, 1.165) is 31.0 Å². The number of nitrogens with zero attached hydrogens (tertiary/aromatic N) is 2. The smallest absolute Gasteiger partial charge is 0.224 e. The number of anilines is 2. The van der Waals surface area contributed by atoms with Gasteiger partial charge in [0, 0.05) is 24.8 Å². The summed E-state index contributed by atoms with van der Waals surface area (Å²) in [6.07, 6.45) is 1.06. The Labute approximate surface area is 120 Å². The summed E-state index contributed by atoms with van der Waals surface area (Å²) >= 11 is 0. The van der Waals surface area contributed by atoms with Crippen LogP contribution in [-0.2, 0) is 6.54 Å². The van der Waals surface area contributed by atoms with E-state index in [1.54, 1.807) is 0 Å². The molecule has 0 aliphatic heterocycles. The number of rotatable bonds is 6. The van der Waals surface area contributed by atoms with Gasteiger partial charge in [-0.15, -0.1) is 0 Å². The molecule has 0 saturated carbocycles. The van der Waals surface area contributed by atoms with E-state index in [-0.39, 0.29) is 0 Å². The first-order valence-electron chi connectivity index (χ1n) is 7.07. The topological polar surface area (TPSA) is 49.8 Å². The second kappa shape index (κ2) is 6.89. The van der Waals surface area contributed by atoms with Gasteiger partial charge in [-0.05, 0) is 31.4 Å². The van der Waals surface area contributed by atoms with Crippen LogP contribution in [0, 0.1) is 13.8 Å². The fourth-order valence-corrected chi connectivity index (χ4v) is 1.97. The molecule has 4 nitrogen and oxygen atoms in total. The Morgan fingerprint density at radius 2 is 1.85 bits per heavy atom. The second-order valence-corrected chi connectivity index (χ2v) is 4.92. The third-order valence-electron chi connectivity index (χ3n) is 3.11. The van der Waals surface area contributed by atoms with Gasteiger partial charge in [-0.2, -0.15) is 4.98 Å². The summed E-state index contributed by atoms with van der Waals surface area (Å²) in [5.74, 6) is 1.55. The highest BCUT2D eigenvalue weighted by Crippen LogP contribution is 2.13. The molecule has 0 aliphatic carbocycles. The third kappa shape index (κ3) is 3.95. The zero-order valence-corrected chi connectivity index (χ0v) is 12.4. The maximum absolute atomic E-state index is 4.48. The summed E-state index contributed by atoms with van der Waals surface area (Å²) in [5.41, 5.74) is 3.54. The van der Waals surface area contributed by atoms with Crippen LogP contribution in [0.3, 0.4) is 0 Å². The maximum Gasteiger partial charge on any atom is 0.224 e. The number of aromatic nitrogens is 2. The minimum absolute atomic E-state index is 0.694. The molecule has 1 aromatic carbocycles. The van der Waals surface area contributed by atoms with Crippen molar-refractivity contribution in [1.29, 1.82) is 0 Å². The van der Waals surface area contributed by atoms with Gasteiger partial charge in [0.15, 0.2) is 0 Å². The lowest BCUT2D eigenvalue weighted by Gasteiger charge is -2.10. The Hall–Kier alpha value is -2.10. The maximum atomic E-state index is 4.48. The zero-order chi connectivity index (χ0) is 14.4. The predicted octanol–water partition coefficient (Wildman–Crippen LogP) is 3.53. The van der Waals surface area contributed by atoms with Crippen molar-refractivity contribution in [1.82, 2.24) is 9.97 Å². The summed E-state index contributed by atoms with van der Waals surface area (Å²) < 4.78 is 0. The van der Waals surface area contributed by atoms with E-state index in [0.29, 0.717) is 5.95 Å². The van der Waals surface area contributed by atoms with Crippen molar-refractivity contribution in [3.05, 3.63) is 47.2 Å². The molecule has 0 radical (unpaired) electrons. The van der Waals surface area contributed by atoms with Gasteiger partial charge in [0.05, 0.1) is 0 Å². The Balaban J connectivity index is 2.05. The van der Waals surface area contributed by atoms with Crippen molar-refractivity contribution in [2.75, 3.05) is 17.2 Å². The highest BCUT2D eigenvalue weighted by Gasteiger charge is 2.02. The molecule has 0 amide bonds. The number of hydrogen-bond donors (Lipinski definition) is 2. The van der Waals surface area contributed by atoms with Gasteiger partial charge < -0.3 is 10.6 Å². The number of hydrogen-bond acceptors (Lipinski definition) is 4. The lowest BCUT2D eigenvalue weighted by atomic mass is 10.1. The van der Waals surface area contributed by atoms with Gasteiger partial charge in [-0.1, -0.05) is 31.2 Å². The van der Waals surface area contributed by atoms with E-state index in [4.69, 9.17) is 0 Å². The van der Waals surface area contributed by atoms with Crippen molar-refractivity contribution in [3.8, 4) is 0 Å². The summed E-state index contributed by atoms with van der Waals surface area (Å²) in [6.45, 7) is 7.89. The lowest BCUT2D eigenvalue weighted by Crippen LogP contribution is -2.09. The van der Waals surface area contributed by atoms with Crippen LogP contribution in [0.5, 0.6) is 0 Å². The van der Waals surface area contributed by atoms with Crippen LogP contribution >= 0.6 is 0 Å². The molecule has 2 rings (SSSR count). The highest BCUT2D eigenvalue weighted by atomic mass is 15.1. The van der Waals surface area contributed by atoms with Gasteiger partial charge in [0.1, 0.15) is 5.82 Å². The average Bonchev–Trinajstić information content (AvgIpc) is 2.44. The van der Waals surface area contributed by atoms with E-state index < -0.39 is 0 Å². The lowest BCUT2D eigenvalue weighted by molar-refractivity contribution is 0.943. The molecule has 0 saturated heterocycles. The van der Waals surface area contributed by atoms with Crippen molar-refractivity contribution in [3.63, 3.8) is 0 Å². The monoisotopic (exact) mass is 270 g/mol. The largest absolute Gasteiger partial charge is 0.366 e. The van der Waals surface area contributed by atoms with Gasteiger partial charge in [0.25, 0.3) is 0 Å². The van der Waals surface area contributed by atoms with Crippen LogP contribution in [0.1, 0.15) is 30.2 Å². The van der Waals surface area contributed by atoms with Gasteiger partial charge in [0.2, 0.25) is 5.95 Å². The summed E-state index contributed by atoms with van der Waals surface area (Å²) in [7, 11) is 0. The average molecular weight is 270 g/mol. The van der Waals surface area contributed by atoms with E-state index in [2.05, 4.69) is 58.7 Å². The van der Waals surface area contributed by atoms with Crippen LogP contribution in [0.2, 0.25) is 0 Å². The van der Waals surface area contributed by atoms with Crippen molar-refractivity contribution in [2.45, 2.75) is 33.7 Å². The Morgan fingerprint density at radius 1 is 1.05 bits per heavy atom. The van der Waals surface area contributed by atoms with E-state index in [1.165, 1.54) is 11.1 Å². The van der Waals surface area contributed by atoms with Crippen LogP contribution in [0.15, 0.2) is 30.3 Å². The standard InChI is InChI=1S/C16H22N4/c1-4-9-17-16-19-13(3)10-15(20-16)18-11-14-8-6-5-7-12(14)2/h5-8,10H,4,9,11H2,1-3H3,(H2,17,18,19,20). The van der Waals surface area contributed by atoms with Crippen LogP contribution in [-0.4, -0.2) is 16.5 Å². The Morgan fingerprint density at radius 3 is 2.60 bits per heavy atom. The molecule has 0 fully saturated rings. The quantitative estimate of drug-likeness (QED) is 0.843. The first-order chi connectivity index (χ1) is 9.69. The molecular formula is C16H22N4. The molecule has 2 aromatic rings. The molecule has 1 heterocycles. The first kappa shape index (κ1) is 14.3. The number of benzene rings is 1. The van der Waals surface area contributed by atoms with Gasteiger partial charge >= 0.3 is 0 Å². The summed E-state index contributed by atoms with van der Waals surface area (Å²) in [4.78, 5) is 8.86. The molecule has 0 unspecified atom stereocenters. The molecule has 4 heteroatoms. The normalized spacial score (nSPS) is 10.3. The van der Waals surface area contributed by atoms with E-state index >= 15 is 0 Å². The second-order valence-electron chi connectivity index (χ2n) is 4.92. The molecular weight excluding hydrogens is 248 g/mol. The molecule has 106 valence electrons. The minimum Gasteiger partial charge on any atom is -0.366 e. The fraction of sp³-hybridized carbons (Fsp3) is 0.375. The number of aryl methyl sites for hydroxylation is 2. The molecule has 0 spiro atoms. The van der Waals surface area contributed by atoms with Crippen LogP contribution < -0.4 is 10.6 Å². The van der Waals surface area contributed by atoms with E-state index in [1.807, 2.05) is 13.0 Å². The molecule has 0 atom stereocenters. The molecule has 2 N–H and O–H groups in total. The third-order valence-corrected chi connectivity index (χ3v) is 3.11. The fourth-order valence-electron chi connectivity index (χ4n) is 1.97. The SMILES string of the molecule is CCCNc1nc(C)cc(NCc2ccccc2C)n1. The Kier molecular flexibility index (Phi) is 4.93. The van der Waals surface area contributed by atoms with Gasteiger partial charge in [-0.3, -0.25) is 0 Å². The molecule has 0 bridgehead atoms. The van der Waals surface area contributed by atoms with Crippen LogP contribution in [0.4, 0.5) is 11.8 Å². The summed E-state index contributed by atoms with van der Waals surface area (Å²) in [6, 6.07) is 10.3. The van der Waals surface area contributed by atoms with Crippen molar-refractivity contribution in [2.24, 2.45) is 0 Å².